The number of carbonyl (C=O) groups excluding carboxylic acids is 2. The maximum absolute atomic E-state index is 13.2. The summed E-state index contributed by atoms with van der Waals surface area (Å²) >= 11 is 0. The molecule has 0 aromatic heterocycles. The predicted molar refractivity (Wildman–Crippen MR) is 125 cm³/mol. The molecule has 2 aromatic carbocycles. The van der Waals surface area contributed by atoms with Crippen molar-refractivity contribution in [2.45, 2.75) is 44.8 Å². The number of hydrogen-bond acceptors (Lipinski definition) is 5. The van der Waals surface area contributed by atoms with Crippen molar-refractivity contribution in [3.63, 3.8) is 0 Å². The Morgan fingerprint density at radius 2 is 1.68 bits per heavy atom. The summed E-state index contributed by atoms with van der Waals surface area (Å²) in [6, 6.07) is 11.6. The molecule has 1 unspecified atom stereocenters. The lowest BCUT2D eigenvalue weighted by Gasteiger charge is -2.42. The zero-order chi connectivity index (χ0) is 24.8. The minimum Gasteiger partial charge on any atom is -0.445 e. The van der Waals surface area contributed by atoms with Gasteiger partial charge < -0.3 is 9.64 Å². The lowest BCUT2D eigenvalue weighted by Crippen LogP contribution is -2.53. The average Bonchev–Trinajstić information content (AvgIpc) is 2.70. The highest BCUT2D eigenvalue weighted by Gasteiger charge is 2.48. The lowest BCUT2D eigenvalue weighted by atomic mass is 9.91. The van der Waals surface area contributed by atoms with Gasteiger partial charge in [0, 0.05) is 32.0 Å². The molecule has 1 saturated carbocycles. The molecule has 1 atom stereocenters. The Labute approximate surface area is 196 Å². The largest absolute Gasteiger partial charge is 0.445 e. The molecule has 2 aromatic rings. The SMILES string of the molecule is CC(=O)N1c2ccc(-c3ccc(NS(C)(=O)=O)cc3)cc2N(C(=O)OC2CC(F)(F)C2)CC1C. The number of ether oxygens (including phenoxy) is 1. The third-order valence-electron chi connectivity index (χ3n) is 5.81. The quantitative estimate of drug-likeness (QED) is 0.688. The van der Waals surface area contributed by atoms with E-state index in [1.807, 2.05) is 0 Å². The summed E-state index contributed by atoms with van der Waals surface area (Å²) in [5.74, 6) is -3.00. The van der Waals surface area contributed by atoms with Gasteiger partial charge in [-0.05, 0) is 42.3 Å². The molecule has 1 N–H and O–H groups in total. The molecule has 1 aliphatic heterocycles. The van der Waals surface area contributed by atoms with Crippen LogP contribution in [-0.4, -0.2) is 51.3 Å². The van der Waals surface area contributed by atoms with Gasteiger partial charge in [0.15, 0.2) is 0 Å². The van der Waals surface area contributed by atoms with E-state index in [-0.39, 0.29) is 18.5 Å². The normalized spacial score (nSPS) is 19.7. The Hall–Kier alpha value is -3.21. The number of fused-ring (bicyclic) bond motifs is 1. The topological polar surface area (TPSA) is 96.0 Å². The Morgan fingerprint density at radius 1 is 1.06 bits per heavy atom. The van der Waals surface area contributed by atoms with Crippen molar-refractivity contribution in [1.82, 2.24) is 0 Å². The van der Waals surface area contributed by atoms with Crippen LogP contribution in [0, 0.1) is 0 Å². The Balaban J connectivity index is 1.66. The van der Waals surface area contributed by atoms with Gasteiger partial charge in [-0.2, -0.15) is 0 Å². The molecular formula is C23H25F2N3O5S. The first-order valence-corrected chi connectivity index (χ1v) is 12.6. The molecule has 2 amide bonds. The molecule has 34 heavy (non-hydrogen) atoms. The van der Waals surface area contributed by atoms with Gasteiger partial charge in [0.2, 0.25) is 15.9 Å². The number of rotatable bonds is 4. The molecule has 11 heteroatoms. The van der Waals surface area contributed by atoms with E-state index >= 15 is 0 Å². The van der Waals surface area contributed by atoms with Crippen LogP contribution < -0.4 is 14.5 Å². The van der Waals surface area contributed by atoms with Crippen molar-refractivity contribution in [1.29, 1.82) is 0 Å². The monoisotopic (exact) mass is 493 g/mol. The molecule has 4 rings (SSSR count). The van der Waals surface area contributed by atoms with E-state index in [9.17, 15) is 26.8 Å². The number of anilines is 3. The third kappa shape index (κ3) is 4.98. The van der Waals surface area contributed by atoms with Crippen LogP contribution in [0.4, 0.5) is 30.6 Å². The van der Waals surface area contributed by atoms with Crippen LogP contribution in [0.15, 0.2) is 42.5 Å². The number of nitrogens with one attached hydrogen (secondary N) is 1. The Morgan fingerprint density at radius 3 is 2.24 bits per heavy atom. The molecule has 2 aliphatic rings. The molecule has 1 fully saturated rings. The number of carbonyl (C=O) groups is 2. The minimum absolute atomic E-state index is 0.148. The van der Waals surface area contributed by atoms with Crippen molar-refractivity contribution < 1.29 is 31.5 Å². The fourth-order valence-electron chi connectivity index (χ4n) is 4.30. The molecule has 182 valence electrons. The van der Waals surface area contributed by atoms with Crippen LogP contribution in [0.2, 0.25) is 0 Å². The van der Waals surface area contributed by atoms with E-state index in [2.05, 4.69) is 4.72 Å². The maximum atomic E-state index is 13.2. The fraction of sp³-hybridized carbons (Fsp3) is 0.391. The molecule has 0 spiro atoms. The minimum atomic E-state index is -3.41. The van der Waals surface area contributed by atoms with E-state index in [1.165, 1.54) is 11.8 Å². The lowest BCUT2D eigenvalue weighted by molar-refractivity contribution is -0.143. The standard InChI is InChI=1S/C23H25F2N3O5S/c1-14-13-27(22(30)33-19-11-23(24,25)12-19)21-10-17(6-9-20(21)28(14)15(2)29)16-4-7-18(8-5-16)26-34(3,31)32/h4-10,14,19,26H,11-13H2,1-3H3. The summed E-state index contributed by atoms with van der Waals surface area (Å²) < 4.78 is 57.0. The van der Waals surface area contributed by atoms with Gasteiger partial charge >= 0.3 is 6.09 Å². The maximum Gasteiger partial charge on any atom is 0.414 e. The number of alkyl halides is 2. The van der Waals surface area contributed by atoms with Crippen molar-refractivity contribution in [3.05, 3.63) is 42.5 Å². The molecule has 1 aliphatic carbocycles. The summed E-state index contributed by atoms with van der Waals surface area (Å²) in [6.45, 7) is 3.38. The zero-order valence-electron chi connectivity index (χ0n) is 18.9. The Bertz CT molecular complexity index is 1230. The van der Waals surface area contributed by atoms with Gasteiger partial charge in [0.25, 0.3) is 5.92 Å². The van der Waals surface area contributed by atoms with E-state index < -0.39 is 41.0 Å². The van der Waals surface area contributed by atoms with Crippen molar-refractivity contribution in [2.75, 3.05) is 27.3 Å². The number of nitrogens with zero attached hydrogens (tertiary/aromatic N) is 2. The number of benzene rings is 2. The summed E-state index contributed by atoms with van der Waals surface area (Å²) in [5, 5.41) is 0. The van der Waals surface area contributed by atoms with E-state index in [1.54, 1.807) is 54.3 Å². The second kappa shape index (κ2) is 8.53. The molecule has 1 heterocycles. The molecule has 0 saturated heterocycles. The Kier molecular flexibility index (Phi) is 6.01. The molecule has 0 radical (unpaired) electrons. The van der Waals surface area contributed by atoms with Gasteiger partial charge in [0.1, 0.15) is 6.10 Å². The van der Waals surface area contributed by atoms with E-state index in [0.29, 0.717) is 17.1 Å². The van der Waals surface area contributed by atoms with Crippen molar-refractivity contribution in [3.8, 4) is 11.1 Å². The second-order valence-electron chi connectivity index (χ2n) is 8.77. The zero-order valence-corrected chi connectivity index (χ0v) is 19.7. The predicted octanol–water partition coefficient (Wildman–Crippen LogP) is 4.22. The summed E-state index contributed by atoms with van der Waals surface area (Å²) in [6.07, 6.45) is -1.51. The highest BCUT2D eigenvalue weighted by molar-refractivity contribution is 7.92. The summed E-state index contributed by atoms with van der Waals surface area (Å²) in [4.78, 5) is 28.2. The highest BCUT2D eigenvalue weighted by atomic mass is 32.2. The van der Waals surface area contributed by atoms with E-state index in [4.69, 9.17) is 4.74 Å². The summed E-state index contributed by atoms with van der Waals surface area (Å²) in [7, 11) is -3.41. The average molecular weight is 494 g/mol. The first-order valence-electron chi connectivity index (χ1n) is 10.7. The van der Waals surface area contributed by atoms with Gasteiger partial charge in [-0.15, -0.1) is 0 Å². The number of amides is 2. The third-order valence-corrected chi connectivity index (χ3v) is 6.42. The van der Waals surface area contributed by atoms with E-state index in [0.717, 1.165) is 17.4 Å². The molecular weight excluding hydrogens is 468 g/mol. The fourth-order valence-corrected chi connectivity index (χ4v) is 4.86. The first-order chi connectivity index (χ1) is 15.8. The molecule has 0 bridgehead atoms. The highest BCUT2D eigenvalue weighted by Crippen LogP contribution is 2.42. The van der Waals surface area contributed by atoms with Gasteiger partial charge in [-0.25, -0.2) is 22.0 Å². The number of halogens is 2. The van der Waals surface area contributed by atoms with Crippen LogP contribution >= 0.6 is 0 Å². The van der Waals surface area contributed by atoms with Gasteiger partial charge in [-0.3, -0.25) is 14.4 Å². The van der Waals surface area contributed by atoms with Crippen LogP contribution in [0.1, 0.15) is 26.7 Å². The van der Waals surface area contributed by atoms with Crippen LogP contribution in [0.3, 0.4) is 0 Å². The van der Waals surface area contributed by atoms with Crippen LogP contribution in [-0.2, 0) is 19.6 Å². The van der Waals surface area contributed by atoms with Gasteiger partial charge in [0.05, 0.1) is 23.7 Å². The second-order valence-corrected chi connectivity index (χ2v) is 10.5. The number of hydrogen-bond donors (Lipinski definition) is 1. The van der Waals surface area contributed by atoms with Gasteiger partial charge in [-0.1, -0.05) is 18.2 Å². The summed E-state index contributed by atoms with van der Waals surface area (Å²) in [5.41, 5.74) is 2.82. The number of sulfonamides is 1. The van der Waals surface area contributed by atoms with Crippen LogP contribution in [0.5, 0.6) is 0 Å². The first kappa shape index (κ1) is 23.9. The van der Waals surface area contributed by atoms with Crippen molar-refractivity contribution >= 4 is 39.1 Å². The van der Waals surface area contributed by atoms with Crippen molar-refractivity contribution in [2.24, 2.45) is 0 Å². The smallest absolute Gasteiger partial charge is 0.414 e. The van der Waals surface area contributed by atoms with Crippen LogP contribution in [0.25, 0.3) is 11.1 Å². The molecule has 8 nitrogen and oxygen atoms in total.